The third-order valence-corrected chi connectivity index (χ3v) is 3.75. The maximum Gasteiger partial charge on any atom is 0.161 e. The molecule has 0 radical (unpaired) electrons. The Kier molecular flexibility index (Phi) is 3.10. The van der Waals surface area contributed by atoms with Gasteiger partial charge in [0, 0.05) is 20.1 Å². The number of dihydropyridines is 1. The van der Waals surface area contributed by atoms with Crippen molar-refractivity contribution >= 4 is 5.84 Å². The van der Waals surface area contributed by atoms with Gasteiger partial charge in [0.15, 0.2) is 5.72 Å². The number of likely N-dealkylation sites (tertiary alicyclic amines) is 1. The molecule has 0 aliphatic carbocycles. The van der Waals surface area contributed by atoms with Gasteiger partial charge in [-0.2, -0.15) is 5.10 Å². The summed E-state index contributed by atoms with van der Waals surface area (Å²) in [5, 5.41) is 4.16. The molecule has 1 saturated heterocycles. The first kappa shape index (κ1) is 12.3. The van der Waals surface area contributed by atoms with E-state index in [1.165, 1.54) is 5.57 Å². The lowest BCUT2D eigenvalue weighted by atomic mass is 9.96. The van der Waals surface area contributed by atoms with E-state index in [1.807, 2.05) is 11.6 Å². The van der Waals surface area contributed by atoms with Gasteiger partial charge in [0.05, 0.1) is 0 Å². The van der Waals surface area contributed by atoms with Crippen molar-refractivity contribution in [1.29, 1.82) is 0 Å². The third kappa shape index (κ3) is 2.40. The number of ether oxygens (including phenoxy) is 1. The van der Waals surface area contributed by atoms with Crippen LogP contribution in [0.4, 0.5) is 0 Å². The molecule has 1 unspecified atom stereocenters. The summed E-state index contributed by atoms with van der Waals surface area (Å²) in [6, 6.07) is 0. The summed E-state index contributed by atoms with van der Waals surface area (Å²) in [5.41, 5.74) is 0.900. The minimum absolute atomic E-state index is 0.434. The lowest BCUT2D eigenvalue weighted by molar-refractivity contribution is 0.0135. The van der Waals surface area contributed by atoms with Gasteiger partial charge >= 0.3 is 0 Å². The topological polar surface area (TPSA) is 55.5 Å². The lowest BCUT2D eigenvalue weighted by Crippen LogP contribution is -2.43. The number of hydrogen-bond donors (Lipinski definition) is 0. The monoisotopic (exact) mass is 261 g/mol. The summed E-state index contributed by atoms with van der Waals surface area (Å²) in [6.07, 6.45) is 8.66. The minimum atomic E-state index is -0.434. The normalized spacial score (nSPS) is 26.7. The van der Waals surface area contributed by atoms with Crippen LogP contribution in [0.2, 0.25) is 0 Å². The van der Waals surface area contributed by atoms with Gasteiger partial charge in [-0.05, 0) is 25.3 Å². The fraction of sp³-hybridized carbons (Fsp3) is 0.615. The van der Waals surface area contributed by atoms with Crippen molar-refractivity contribution in [2.75, 3.05) is 13.7 Å². The Morgan fingerprint density at radius 1 is 1.47 bits per heavy atom. The molecule has 19 heavy (non-hydrogen) atoms. The van der Waals surface area contributed by atoms with Gasteiger partial charge < -0.3 is 9.64 Å². The molecular weight excluding hydrogens is 242 g/mol. The molecular formula is C13H19N5O. The molecule has 0 spiro atoms. The number of aromatic nitrogens is 3. The van der Waals surface area contributed by atoms with Crippen LogP contribution in [0.5, 0.6) is 0 Å². The summed E-state index contributed by atoms with van der Waals surface area (Å²) in [6.45, 7) is 3.71. The quantitative estimate of drug-likeness (QED) is 0.825. The van der Waals surface area contributed by atoms with Crippen LogP contribution in [-0.2, 0) is 11.4 Å². The van der Waals surface area contributed by atoms with Crippen molar-refractivity contribution in [3.05, 3.63) is 24.3 Å². The molecule has 3 heterocycles. The van der Waals surface area contributed by atoms with E-state index in [4.69, 9.17) is 9.73 Å². The predicted molar refractivity (Wildman–Crippen MR) is 71.5 cm³/mol. The van der Waals surface area contributed by atoms with Crippen molar-refractivity contribution in [2.45, 2.75) is 38.6 Å². The maximum atomic E-state index is 5.52. The van der Waals surface area contributed by atoms with Gasteiger partial charge in [0.1, 0.15) is 25.2 Å². The molecule has 2 aliphatic heterocycles. The Morgan fingerprint density at radius 2 is 2.37 bits per heavy atom. The van der Waals surface area contributed by atoms with Crippen molar-refractivity contribution < 1.29 is 4.74 Å². The average Bonchev–Trinajstić information content (AvgIpc) is 2.93. The second-order valence-corrected chi connectivity index (χ2v) is 5.19. The lowest BCUT2D eigenvalue weighted by Gasteiger charge is -2.37. The minimum Gasteiger partial charge on any atom is -0.357 e. The molecule has 0 saturated carbocycles. The number of piperidine rings is 1. The highest BCUT2D eigenvalue weighted by Gasteiger charge is 2.31. The number of aliphatic imine (C=N–C) groups is 1. The standard InChI is InChI=1S/C13H19N5O/c1-13(19-2)6-5-11-4-3-7-17(12(11)16-13)10-18-9-14-8-15-18/h5,8-9H,3-4,6-7,10H2,1-2H3. The summed E-state index contributed by atoms with van der Waals surface area (Å²) < 4.78 is 7.34. The van der Waals surface area contributed by atoms with Gasteiger partial charge in [-0.25, -0.2) is 14.7 Å². The number of hydrogen-bond acceptors (Lipinski definition) is 5. The van der Waals surface area contributed by atoms with Crippen LogP contribution >= 0.6 is 0 Å². The summed E-state index contributed by atoms with van der Waals surface area (Å²) >= 11 is 0. The van der Waals surface area contributed by atoms with Gasteiger partial charge in [0.25, 0.3) is 0 Å². The highest BCUT2D eigenvalue weighted by molar-refractivity contribution is 5.99. The first-order valence-corrected chi connectivity index (χ1v) is 6.62. The van der Waals surface area contributed by atoms with Crippen LogP contribution in [0.25, 0.3) is 0 Å². The molecule has 0 N–H and O–H groups in total. The maximum absolute atomic E-state index is 5.52. The van der Waals surface area contributed by atoms with Crippen LogP contribution in [0, 0.1) is 0 Å². The Morgan fingerprint density at radius 3 is 3.11 bits per heavy atom. The Hall–Kier alpha value is -1.69. The van der Waals surface area contributed by atoms with Gasteiger partial charge in [-0.1, -0.05) is 6.08 Å². The summed E-state index contributed by atoms with van der Waals surface area (Å²) in [4.78, 5) is 11.0. The van der Waals surface area contributed by atoms with E-state index in [2.05, 4.69) is 21.1 Å². The van der Waals surface area contributed by atoms with E-state index in [0.717, 1.165) is 31.6 Å². The molecule has 6 heteroatoms. The Balaban J connectivity index is 1.85. The number of amidine groups is 1. The van der Waals surface area contributed by atoms with Gasteiger partial charge in [0.2, 0.25) is 0 Å². The molecule has 1 atom stereocenters. The molecule has 0 aromatic carbocycles. The highest BCUT2D eigenvalue weighted by atomic mass is 16.5. The second-order valence-electron chi connectivity index (χ2n) is 5.19. The Labute approximate surface area is 112 Å². The van der Waals surface area contributed by atoms with Crippen molar-refractivity contribution in [3.63, 3.8) is 0 Å². The number of methoxy groups -OCH3 is 1. The zero-order valence-electron chi connectivity index (χ0n) is 11.4. The zero-order valence-corrected chi connectivity index (χ0v) is 11.4. The SMILES string of the molecule is COC1(C)CC=C2CCCN(Cn3cncn3)C2=N1. The molecule has 6 nitrogen and oxygen atoms in total. The number of nitrogens with zero attached hydrogens (tertiary/aromatic N) is 5. The third-order valence-electron chi connectivity index (χ3n) is 3.75. The Bertz CT molecular complexity index is 507. The van der Waals surface area contributed by atoms with Crippen molar-refractivity contribution in [1.82, 2.24) is 19.7 Å². The van der Waals surface area contributed by atoms with Crippen LogP contribution in [0.15, 0.2) is 29.3 Å². The average molecular weight is 261 g/mol. The van der Waals surface area contributed by atoms with Gasteiger partial charge in [-0.15, -0.1) is 0 Å². The molecule has 2 aliphatic rings. The smallest absolute Gasteiger partial charge is 0.161 e. The van der Waals surface area contributed by atoms with E-state index in [-0.39, 0.29) is 0 Å². The van der Waals surface area contributed by atoms with Crippen LogP contribution in [0.1, 0.15) is 26.2 Å². The first-order chi connectivity index (χ1) is 9.20. The molecule has 0 bridgehead atoms. The number of rotatable bonds is 3. The van der Waals surface area contributed by atoms with E-state index < -0.39 is 5.72 Å². The molecule has 102 valence electrons. The summed E-state index contributed by atoms with van der Waals surface area (Å²) in [7, 11) is 1.72. The fourth-order valence-electron chi connectivity index (χ4n) is 2.55. The largest absolute Gasteiger partial charge is 0.357 e. The molecule has 1 aromatic rings. The van der Waals surface area contributed by atoms with E-state index in [1.54, 1.807) is 19.8 Å². The van der Waals surface area contributed by atoms with Crippen molar-refractivity contribution in [2.24, 2.45) is 4.99 Å². The molecule has 1 aromatic heterocycles. The summed E-state index contributed by atoms with van der Waals surface area (Å²) in [5.74, 6) is 1.05. The van der Waals surface area contributed by atoms with E-state index in [0.29, 0.717) is 6.67 Å². The van der Waals surface area contributed by atoms with Crippen LogP contribution in [0.3, 0.4) is 0 Å². The van der Waals surface area contributed by atoms with E-state index in [9.17, 15) is 0 Å². The molecule has 0 amide bonds. The fourth-order valence-corrected chi connectivity index (χ4v) is 2.55. The zero-order chi connectivity index (χ0) is 13.3. The second kappa shape index (κ2) is 4.77. The molecule has 1 fully saturated rings. The van der Waals surface area contributed by atoms with Gasteiger partial charge in [-0.3, -0.25) is 0 Å². The molecule has 3 rings (SSSR count). The number of fused-ring (bicyclic) bond motifs is 1. The highest BCUT2D eigenvalue weighted by Crippen LogP contribution is 2.30. The van der Waals surface area contributed by atoms with Crippen LogP contribution in [-0.4, -0.2) is 44.9 Å². The van der Waals surface area contributed by atoms with E-state index >= 15 is 0 Å². The predicted octanol–water partition coefficient (Wildman–Crippen LogP) is 1.42. The van der Waals surface area contributed by atoms with Crippen LogP contribution < -0.4 is 0 Å². The van der Waals surface area contributed by atoms with Crippen molar-refractivity contribution in [3.8, 4) is 0 Å². The first-order valence-electron chi connectivity index (χ1n) is 6.62.